The first-order valence-electron chi connectivity index (χ1n) is 6.60. The molecule has 7 heteroatoms. The lowest BCUT2D eigenvalue weighted by Crippen LogP contribution is -2.42. The number of carbonyl (C=O) groups excluding carboxylic acids is 1. The van der Waals surface area contributed by atoms with E-state index in [-0.39, 0.29) is 17.0 Å². The minimum atomic E-state index is -1.17. The van der Waals surface area contributed by atoms with Crippen molar-refractivity contribution in [2.45, 2.75) is 12.5 Å². The van der Waals surface area contributed by atoms with Gasteiger partial charge in [-0.25, -0.2) is 4.79 Å². The maximum atomic E-state index is 12.2. The molecule has 0 aliphatic rings. The molecule has 0 aliphatic carbocycles. The highest BCUT2D eigenvalue weighted by atomic mass is 35.5. The minimum Gasteiger partial charge on any atom is -0.480 e. The lowest BCUT2D eigenvalue weighted by Gasteiger charge is -2.16. The first kappa shape index (κ1) is 17.6. The Hall–Kier alpha value is -1.75. The third kappa shape index (κ3) is 4.61. The fraction of sp³-hybridized carbons (Fsp3) is 0.125. The van der Waals surface area contributed by atoms with E-state index in [1.165, 1.54) is 12.1 Å². The first-order chi connectivity index (χ1) is 10.9. The van der Waals surface area contributed by atoms with Crippen molar-refractivity contribution in [2.24, 2.45) is 0 Å². The summed E-state index contributed by atoms with van der Waals surface area (Å²) in [6.45, 7) is 0. The largest absolute Gasteiger partial charge is 0.480 e. The van der Waals surface area contributed by atoms with Crippen molar-refractivity contribution in [3.05, 3.63) is 68.7 Å². The molecule has 1 amide bonds. The van der Waals surface area contributed by atoms with E-state index >= 15 is 0 Å². The average molecular weight is 373 g/mol. The van der Waals surface area contributed by atoms with Crippen LogP contribution in [0.25, 0.3) is 0 Å². The third-order valence-corrected chi connectivity index (χ3v) is 4.08. The van der Waals surface area contributed by atoms with Gasteiger partial charge in [-0.15, -0.1) is 0 Å². The Balaban J connectivity index is 2.18. The van der Waals surface area contributed by atoms with Crippen molar-refractivity contribution in [1.82, 2.24) is 5.32 Å². The van der Waals surface area contributed by atoms with Gasteiger partial charge in [0.25, 0.3) is 5.91 Å². The average Bonchev–Trinajstić information content (AvgIpc) is 2.49. The van der Waals surface area contributed by atoms with Gasteiger partial charge in [0.2, 0.25) is 0 Å². The number of rotatable bonds is 5. The lowest BCUT2D eigenvalue weighted by atomic mass is 10.1. The summed E-state index contributed by atoms with van der Waals surface area (Å²) in [5, 5.41) is 12.8. The Bertz CT molecular complexity index is 749. The van der Waals surface area contributed by atoms with Crippen LogP contribution in [0.1, 0.15) is 15.9 Å². The molecule has 0 aromatic heterocycles. The van der Waals surface area contributed by atoms with Crippen molar-refractivity contribution in [1.29, 1.82) is 0 Å². The number of carboxylic acids is 1. The summed E-state index contributed by atoms with van der Waals surface area (Å²) in [6, 6.07) is 10.0. The molecular weight excluding hydrogens is 361 g/mol. The van der Waals surface area contributed by atoms with Crippen molar-refractivity contribution in [3.63, 3.8) is 0 Å². The van der Waals surface area contributed by atoms with Crippen LogP contribution in [0.2, 0.25) is 15.1 Å². The summed E-state index contributed by atoms with van der Waals surface area (Å²) in [5.41, 5.74) is 0.783. The van der Waals surface area contributed by atoms with Gasteiger partial charge in [0.05, 0.1) is 10.6 Å². The Morgan fingerprint density at radius 1 is 1.04 bits per heavy atom. The smallest absolute Gasteiger partial charge is 0.326 e. The van der Waals surface area contributed by atoms with Gasteiger partial charge in [-0.1, -0.05) is 53.0 Å². The Morgan fingerprint density at radius 2 is 1.74 bits per heavy atom. The molecule has 0 saturated heterocycles. The van der Waals surface area contributed by atoms with Crippen LogP contribution in [0.15, 0.2) is 42.5 Å². The van der Waals surface area contributed by atoms with Gasteiger partial charge in [-0.2, -0.15) is 0 Å². The molecule has 2 aromatic rings. The predicted molar refractivity (Wildman–Crippen MR) is 90.5 cm³/mol. The van der Waals surface area contributed by atoms with Gasteiger partial charge in [0, 0.05) is 16.5 Å². The zero-order valence-corrected chi connectivity index (χ0v) is 14.0. The van der Waals surface area contributed by atoms with Crippen LogP contribution < -0.4 is 5.32 Å². The maximum Gasteiger partial charge on any atom is 0.326 e. The second-order valence-corrected chi connectivity index (χ2v) is 6.03. The summed E-state index contributed by atoms with van der Waals surface area (Å²) >= 11 is 17.8. The highest BCUT2D eigenvalue weighted by Gasteiger charge is 2.23. The fourth-order valence-corrected chi connectivity index (χ4v) is 2.70. The number of nitrogens with one attached hydrogen (secondary N) is 1. The van der Waals surface area contributed by atoms with Crippen LogP contribution in [0.4, 0.5) is 0 Å². The zero-order valence-electron chi connectivity index (χ0n) is 11.7. The number of hydrogen-bond donors (Lipinski definition) is 2. The Labute approximate surface area is 148 Å². The van der Waals surface area contributed by atoms with Crippen LogP contribution in [0.5, 0.6) is 0 Å². The summed E-state index contributed by atoms with van der Waals surface area (Å²) in [5.74, 6) is -1.73. The molecule has 1 atom stereocenters. The van der Waals surface area contributed by atoms with Crippen molar-refractivity contribution < 1.29 is 14.7 Å². The summed E-state index contributed by atoms with van der Waals surface area (Å²) < 4.78 is 0. The molecule has 23 heavy (non-hydrogen) atoms. The minimum absolute atomic E-state index is 0.0293. The normalized spacial score (nSPS) is 11.8. The molecular formula is C16H12Cl3NO3. The van der Waals surface area contributed by atoms with Gasteiger partial charge in [0.1, 0.15) is 6.04 Å². The summed E-state index contributed by atoms with van der Waals surface area (Å²) in [4.78, 5) is 23.6. The molecule has 4 nitrogen and oxygen atoms in total. The van der Waals surface area contributed by atoms with E-state index in [2.05, 4.69) is 5.32 Å². The molecule has 0 bridgehead atoms. The molecule has 0 aliphatic heterocycles. The molecule has 0 unspecified atom stereocenters. The number of halogens is 3. The zero-order chi connectivity index (χ0) is 17.0. The van der Waals surface area contributed by atoms with E-state index in [9.17, 15) is 14.7 Å². The standard InChI is InChI=1S/C16H12Cl3NO3/c17-10-6-5-9(13(19)8-10)7-14(16(22)23)20-15(21)11-3-1-2-4-12(11)18/h1-6,8,14H,7H2,(H,20,21)(H,22,23)/t14-/m1/s1. The summed E-state index contributed by atoms with van der Waals surface area (Å²) in [7, 11) is 0. The van der Waals surface area contributed by atoms with E-state index in [4.69, 9.17) is 34.8 Å². The van der Waals surface area contributed by atoms with E-state index in [0.29, 0.717) is 15.6 Å². The second-order valence-electron chi connectivity index (χ2n) is 4.78. The predicted octanol–water partition coefficient (Wildman–Crippen LogP) is 4.07. The monoisotopic (exact) mass is 371 g/mol. The number of carboxylic acid groups (broad SMARTS) is 1. The fourth-order valence-electron chi connectivity index (χ4n) is 1.99. The third-order valence-electron chi connectivity index (χ3n) is 3.16. The van der Waals surface area contributed by atoms with Gasteiger partial charge in [-0.3, -0.25) is 4.79 Å². The van der Waals surface area contributed by atoms with Gasteiger partial charge >= 0.3 is 5.97 Å². The highest BCUT2D eigenvalue weighted by Crippen LogP contribution is 2.22. The van der Waals surface area contributed by atoms with Crippen LogP contribution in [-0.4, -0.2) is 23.0 Å². The number of aliphatic carboxylic acids is 1. The summed E-state index contributed by atoms with van der Waals surface area (Å²) in [6.07, 6.45) is 0.0293. The molecule has 0 spiro atoms. The van der Waals surface area contributed by atoms with Gasteiger partial charge in [0.15, 0.2) is 0 Å². The van der Waals surface area contributed by atoms with Crippen LogP contribution in [-0.2, 0) is 11.2 Å². The van der Waals surface area contributed by atoms with E-state index < -0.39 is 17.9 Å². The van der Waals surface area contributed by atoms with E-state index in [1.807, 2.05) is 0 Å². The van der Waals surface area contributed by atoms with E-state index in [0.717, 1.165) is 0 Å². The number of amides is 1. The quantitative estimate of drug-likeness (QED) is 0.831. The maximum absolute atomic E-state index is 12.2. The second kappa shape index (κ2) is 7.68. The Morgan fingerprint density at radius 3 is 2.35 bits per heavy atom. The SMILES string of the molecule is O=C(N[C@H](Cc1ccc(Cl)cc1Cl)C(=O)O)c1ccccc1Cl. The van der Waals surface area contributed by atoms with Crippen LogP contribution in [0.3, 0.4) is 0 Å². The lowest BCUT2D eigenvalue weighted by molar-refractivity contribution is -0.139. The molecule has 0 heterocycles. The highest BCUT2D eigenvalue weighted by molar-refractivity contribution is 6.35. The number of carbonyl (C=O) groups is 2. The molecule has 2 N–H and O–H groups in total. The molecule has 120 valence electrons. The van der Waals surface area contributed by atoms with Crippen molar-refractivity contribution in [2.75, 3.05) is 0 Å². The first-order valence-corrected chi connectivity index (χ1v) is 7.74. The molecule has 2 rings (SSSR count). The number of hydrogen-bond acceptors (Lipinski definition) is 2. The van der Waals surface area contributed by atoms with Crippen LogP contribution in [0, 0.1) is 0 Å². The van der Waals surface area contributed by atoms with Crippen molar-refractivity contribution >= 4 is 46.7 Å². The molecule has 0 fully saturated rings. The molecule has 2 aromatic carbocycles. The topological polar surface area (TPSA) is 66.4 Å². The molecule has 0 radical (unpaired) electrons. The van der Waals surface area contributed by atoms with E-state index in [1.54, 1.807) is 30.3 Å². The molecule has 0 saturated carbocycles. The number of benzene rings is 2. The van der Waals surface area contributed by atoms with Crippen LogP contribution >= 0.6 is 34.8 Å². The van der Waals surface area contributed by atoms with Gasteiger partial charge in [-0.05, 0) is 29.8 Å². The van der Waals surface area contributed by atoms with Crippen molar-refractivity contribution in [3.8, 4) is 0 Å². The Kier molecular flexibility index (Phi) is 5.88. The van der Waals surface area contributed by atoms with Gasteiger partial charge < -0.3 is 10.4 Å².